The van der Waals surface area contributed by atoms with Crippen molar-refractivity contribution in [1.82, 2.24) is 15.0 Å². The van der Waals surface area contributed by atoms with Crippen LogP contribution in [0.25, 0.3) is 34.7 Å². The topological polar surface area (TPSA) is 38.7 Å². The highest BCUT2D eigenvalue weighted by Gasteiger charge is 2.13. The van der Waals surface area contributed by atoms with Crippen molar-refractivity contribution in [3.8, 4) is 22.5 Å². The third kappa shape index (κ3) is 3.82. The van der Waals surface area contributed by atoms with Gasteiger partial charge in [0, 0.05) is 41.5 Å². The van der Waals surface area contributed by atoms with E-state index < -0.39 is 0 Å². The van der Waals surface area contributed by atoms with Crippen molar-refractivity contribution in [3.05, 3.63) is 102 Å². The predicted octanol–water partition coefficient (Wildman–Crippen LogP) is 5.68. The zero-order chi connectivity index (χ0) is 18.5. The molecule has 0 N–H and O–H groups in total. The van der Waals surface area contributed by atoms with Gasteiger partial charge in [-0.05, 0) is 42.3 Å². The molecule has 3 nitrogen and oxygen atoms in total. The first-order valence-corrected chi connectivity index (χ1v) is 8.87. The zero-order valence-electron chi connectivity index (χ0n) is 15.1. The predicted molar refractivity (Wildman–Crippen MR) is 111 cm³/mol. The van der Waals surface area contributed by atoms with Crippen molar-refractivity contribution in [2.24, 2.45) is 0 Å². The van der Waals surface area contributed by atoms with Gasteiger partial charge in [-0.1, -0.05) is 48.6 Å². The van der Waals surface area contributed by atoms with Crippen LogP contribution in [0.4, 0.5) is 0 Å². The van der Waals surface area contributed by atoms with Gasteiger partial charge in [0.25, 0.3) is 0 Å². The molecule has 0 saturated carbocycles. The van der Waals surface area contributed by atoms with Crippen molar-refractivity contribution in [2.75, 3.05) is 0 Å². The minimum absolute atomic E-state index is 0.891. The fraction of sp³-hybridized carbons (Fsp3) is 0.0417. The Kier molecular flexibility index (Phi) is 4.84. The molecule has 0 aliphatic rings. The number of hydrogen-bond donors (Lipinski definition) is 0. The third-order valence-electron chi connectivity index (χ3n) is 4.31. The van der Waals surface area contributed by atoms with Crippen LogP contribution >= 0.6 is 0 Å². The first-order valence-electron chi connectivity index (χ1n) is 8.87. The molecule has 4 rings (SSSR count). The van der Waals surface area contributed by atoms with E-state index in [1.807, 2.05) is 61.9 Å². The quantitative estimate of drug-likeness (QED) is 0.475. The van der Waals surface area contributed by atoms with Crippen LogP contribution in [0.15, 0.2) is 85.5 Å². The molecule has 0 radical (unpaired) electrons. The lowest BCUT2D eigenvalue weighted by atomic mass is 9.99. The highest BCUT2D eigenvalue weighted by atomic mass is 14.7. The minimum atomic E-state index is 0.891. The van der Waals surface area contributed by atoms with E-state index in [9.17, 15) is 0 Å². The summed E-state index contributed by atoms with van der Waals surface area (Å²) >= 11 is 0. The van der Waals surface area contributed by atoms with Gasteiger partial charge in [0.2, 0.25) is 0 Å². The summed E-state index contributed by atoms with van der Waals surface area (Å²) in [4.78, 5) is 13.6. The SMILES string of the molecule is Cc1cnc(-c2cccnc2)c(-c2ncccc2/C=C/c2ccccc2)c1. The van der Waals surface area contributed by atoms with Gasteiger partial charge in [-0.2, -0.15) is 0 Å². The van der Waals surface area contributed by atoms with E-state index in [4.69, 9.17) is 0 Å². The lowest BCUT2D eigenvalue weighted by molar-refractivity contribution is 1.23. The fourth-order valence-corrected chi connectivity index (χ4v) is 3.01. The second kappa shape index (κ2) is 7.75. The molecule has 130 valence electrons. The molecule has 27 heavy (non-hydrogen) atoms. The lowest BCUT2D eigenvalue weighted by Gasteiger charge is -2.11. The molecule has 0 aliphatic heterocycles. The molecule has 0 spiro atoms. The highest BCUT2D eigenvalue weighted by molar-refractivity contribution is 5.85. The maximum Gasteiger partial charge on any atom is 0.0811 e. The Morgan fingerprint density at radius 2 is 1.59 bits per heavy atom. The molecule has 0 fully saturated rings. The standard InChI is InChI=1S/C24H19N3/c1-18-15-22(24(27-16-18)21-10-5-13-25-17-21)23-20(9-6-14-26-23)12-11-19-7-3-2-4-8-19/h2-17H,1H3/b12-11+. The van der Waals surface area contributed by atoms with E-state index in [2.05, 4.69) is 51.4 Å². The molecule has 1 aromatic carbocycles. The molecule has 3 heterocycles. The van der Waals surface area contributed by atoms with Crippen LogP contribution in [0.5, 0.6) is 0 Å². The van der Waals surface area contributed by atoms with Crippen molar-refractivity contribution in [2.45, 2.75) is 6.92 Å². The van der Waals surface area contributed by atoms with Crippen molar-refractivity contribution in [3.63, 3.8) is 0 Å². The highest BCUT2D eigenvalue weighted by Crippen LogP contribution is 2.32. The van der Waals surface area contributed by atoms with Crippen molar-refractivity contribution in [1.29, 1.82) is 0 Å². The van der Waals surface area contributed by atoms with E-state index >= 15 is 0 Å². The Bertz CT molecular complexity index is 1070. The van der Waals surface area contributed by atoms with Crippen LogP contribution in [-0.2, 0) is 0 Å². The second-order valence-corrected chi connectivity index (χ2v) is 6.34. The number of aromatic nitrogens is 3. The Morgan fingerprint density at radius 3 is 2.41 bits per heavy atom. The molecular formula is C24H19N3. The molecule has 0 unspecified atom stereocenters. The van der Waals surface area contributed by atoms with E-state index in [0.717, 1.165) is 39.2 Å². The average Bonchev–Trinajstić information content (AvgIpc) is 2.74. The summed E-state index contributed by atoms with van der Waals surface area (Å²) < 4.78 is 0. The third-order valence-corrected chi connectivity index (χ3v) is 4.31. The Hall–Kier alpha value is -3.59. The maximum absolute atomic E-state index is 4.68. The molecular weight excluding hydrogens is 330 g/mol. The van der Waals surface area contributed by atoms with E-state index in [1.165, 1.54) is 0 Å². The fourth-order valence-electron chi connectivity index (χ4n) is 3.01. The van der Waals surface area contributed by atoms with Crippen LogP contribution in [0.3, 0.4) is 0 Å². The second-order valence-electron chi connectivity index (χ2n) is 6.34. The van der Waals surface area contributed by atoms with E-state index in [0.29, 0.717) is 0 Å². The average molecular weight is 349 g/mol. The Balaban J connectivity index is 1.83. The van der Waals surface area contributed by atoms with E-state index in [1.54, 1.807) is 6.20 Å². The molecule has 0 amide bonds. The molecule has 4 aromatic rings. The van der Waals surface area contributed by atoms with Crippen molar-refractivity contribution >= 4 is 12.2 Å². The molecule has 0 saturated heterocycles. The maximum atomic E-state index is 4.68. The Morgan fingerprint density at radius 1 is 0.741 bits per heavy atom. The monoisotopic (exact) mass is 349 g/mol. The summed E-state index contributed by atoms with van der Waals surface area (Å²) in [5.74, 6) is 0. The summed E-state index contributed by atoms with van der Waals surface area (Å²) in [5, 5.41) is 0. The lowest BCUT2D eigenvalue weighted by Crippen LogP contribution is -1.95. The van der Waals surface area contributed by atoms with Gasteiger partial charge in [-0.25, -0.2) is 0 Å². The first-order chi connectivity index (χ1) is 13.3. The summed E-state index contributed by atoms with van der Waals surface area (Å²) in [6.45, 7) is 2.05. The number of nitrogens with zero attached hydrogens (tertiary/aromatic N) is 3. The van der Waals surface area contributed by atoms with Crippen molar-refractivity contribution < 1.29 is 0 Å². The molecule has 3 aromatic heterocycles. The summed E-state index contributed by atoms with van der Waals surface area (Å²) in [6.07, 6.45) is 11.5. The van der Waals surface area contributed by atoms with Crippen LogP contribution < -0.4 is 0 Å². The largest absolute Gasteiger partial charge is 0.264 e. The van der Waals surface area contributed by atoms with Gasteiger partial charge in [0.1, 0.15) is 0 Å². The molecule has 0 aliphatic carbocycles. The number of rotatable bonds is 4. The van der Waals surface area contributed by atoms with Gasteiger partial charge in [-0.3, -0.25) is 15.0 Å². The van der Waals surface area contributed by atoms with Crippen LogP contribution in [0, 0.1) is 6.92 Å². The summed E-state index contributed by atoms with van der Waals surface area (Å²) in [5.41, 5.74) is 7.11. The number of aryl methyl sites for hydroxylation is 1. The number of benzene rings is 1. The number of hydrogen-bond acceptors (Lipinski definition) is 3. The van der Waals surface area contributed by atoms with Crippen LogP contribution in [0.1, 0.15) is 16.7 Å². The summed E-state index contributed by atoms with van der Waals surface area (Å²) in [6, 6.07) is 20.4. The zero-order valence-corrected chi connectivity index (χ0v) is 15.1. The van der Waals surface area contributed by atoms with Gasteiger partial charge in [-0.15, -0.1) is 0 Å². The van der Waals surface area contributed by atoms with Gasteiger partial charge < -0.3 is 0 Å². The summed E-state index contributed by atoms with van der Waals surface area (Å²) in [7, 11) is 0. The Labute approximate surface area is 159 Å². The smallest absolute Gasteiger partial charge is 0.0811 e. The minimum Gasteiger partial charge on any atom is -0.264 e. The molecule has 0 atom stereocenters. The first kappa shape index (κ1) is 16.9. The van der Waals surface area contributed by atoms with Crippen LogP contribution in [0.2, 0.25) is 0 Å². The van der Waals surface area contributed by atoms with E-state index in [-0.39, 0.29) is 0 Å². The number of pyridine rings is 3. The van der Waals surface area contributed by atoms with Crippen LogP contribution in [-0.4, -0.2) is 15.0 Å². The van der Waals surface area contributed by atoms with Gasteiger partial charge in [0.15, 0.2) is 0 Å². The van der Waals surface area contributed by atoms with Gasteiger partial charge in [0.05, 0.1) is 11.4 Å². The van der Waals surface area contributed by atoms with Gasteiger partial charge >= 0.3 is 0 Å². The normalized spacial score (nSPS) is 11.0. The molecule has 0 bridgehead atoms. The molecule has 3 heteroatoms.